The number of morpholine rings is 1. The van der Waals surface area contributed by atoms with Gasteiger partial charge in [-0.25, -0.2) is 0 Å². The Bertz CT molecular complexity index is 770. The molecule has 0 aliphatic carbocycles. The Morgan fingerprint density at radius 3 is 2.41 bits per heavy atom. The average molecular weight is 370 g/mol. The number of carbonyl (C=O) groups excluding carboxylic acids is 1. The van der Waals surface area contributed by atoms with Crippen molar-refractivity contribution in [3.63, 3.8) is 0 Å². The maximum absolute atomic E-state index is 12.7. The van der Waals surface area contributed by atoms with Gasteiger partial charge in [-0.1, -0.05) is 0 Å². The van der Waals surface area contributed by atoms with Crippen LogP contribution in [-0.4, -0.2) is 46.4 Å². The number of methoxy groups -OCH3 is 2. The van der Waals surface area contributed by atoms with Gasteiger partial charge in [-0.2, -0.15) is 0 Å². The number of hydrogen-bond acceptors (Lipinski definition) is 5. The highest BCUT2D eigenvalue weighted by Gasteiger charge is 2.17. The Morgan fingerprint density at radius 2 is 1.78 bits per heavy atom. The van der Waals surface area contributed by atoms with E-state index in [0.717, 1.165) is 43.3 Å². The first-order chi connectivity index (χ1) is 13.1. The molecule has 144 valence electrons. The number of amides is 1. The van der Waals surface area contributed by atoms with Crippen LogP contribution in [0.3, 0.4) is 0 Å². The van der Waals surface area contributed by atoms with Crippen molar-refractivity contribution in [3.8, 4) is 11.5 Å². The molecule has 1 fully saturated rings. The number of nitrogens with zero attached hydrogens (tertiary/aromatic N) is 1. The zero-order valence-electron chi connectivity index (χ0n) is 16.0. The zero-order valence-corrected chi connectivity index (χ0v) is 16.0. The van der Waals surface area contributed by atoms with Gasteiger partial charge in [0.05, 0.1) is 33.5 Å². The first-order valence-corrected chi connectivity index (χ1v) is 9.08. The highest BCUT2D eigenvalue weighted by Crippen LogP contribution is 2.29. The standard InChI is InChI=1S/C21H26N2O4/c1-15(19-14-18(25-2)8-9-20(19)26-3)22-21(24)16-4-6-17(7-5-16)23-10-12-27-13-11-23/h4-9,14-15H,10-13H2,1-3H3,(H,22,24)/t15-/m1/s1. The van der Waals surface area contributed by atoms with E-state index in [-0.39, 0.29) is 11.9 Å². The fraction of sp³-hybridized carbons (Fsp3) is 0.381. The van der Waals surface area contributed by atoms with Crippen LogP contribution in [0.5, 0.6) is 11.5 Å². The number of rotatable bonds is 6. The second-order valence-electron chi connectivity index (χ2n) is 6.45. The summed E-state index contributed by atoms with van der Waals surface area (Å²) in [5.41, 5.74) is 2.60. The Morgan fingerprint density at radius 1 is 1.07 bits per heavy atom. The van der Waals surface area contributed by atoms with Gasteiger partial charge in [0.1, 0.15) is 11.5 Å². The number of anilines is 1. The molecule has 27 heavy (non-hydrogen) atoms. The van der Waals surface area contributed by atoms with Crippen LogP contribution in [0.15, 0.2) is 42.5 Å². The first-order valence-electron chi connectivity index (χ1n) is 9.08. The Labute approximate surface area is 160 Å². The molecule has 0 radical (unpaired) electrons. The second-order valence-corrected chi connectivity index (χ2v) is 6.45. The summed E-state index contributed by atoms with van der Waals surface area (Å²) >= 11 is 0. The van der Waals surface area contributed by atoms with E-state index in [9.17, 15) is 4.79 Å². The van der Waals surface area contributed by atoms with Gasteiger partial charge < -0.3 is 24.4 Å². The van der Waals surface area contributed by atoms with Crippen LogP contribution >= 0.6 is 0 Å². The molecule has 1 heterocycles. The monoisotopic (exact) mass is 370 g/mol. The Hall–Kier alpha value is -2.73. The molecule has 0 spiro atoms. The van der Waals surface area contributed by atoms with Crippen LogP contribution in [0.4, 0.5) is 5.69 Å². The maximum atomic E-state index is 12.7. The summed E-state index contributed by atoms with van der Waals surface area (Å²) in [7, 11) is 3.23. The molecule has 2 aromatic carbocycles. The number of hydrogen-bond donors (Lipinski definition) is 1. The van der Waals surface area contributed by atoms with E-state index < -0.39 is 0 Å². The molecule has 0 unspecified atom stereocenters. The van der Waals surface area contributed by atoms with E-state index in [1.54, 1.807) is 14.2 Å². The summed E-state index contributed by atoms with van der Waals surface area (Å²) in [5.74, 6) is 1.31. The van der Waals surface area contributed by atoms with Crippen molar-refractivity contribution in [1.29, 1.82) is 0 Å². The Kier molecular flexibility index (Phi) is 6.19. The van der Waals surface area contributed by atoms with Crippen molar-refractivity contribution in [3.05, 3.63) is 53.6 Å². The normalized spacial score (nSPS) is 15.1. The molecule has 0 saturated carbocycles. The molecule has 1 aliphatic rings. The summed E-state index contributed by atoms with van der Waals surface area (Å²) in [6, 6.07) is 13.0. The van der Waals surface area contributed by atoms with Gasteiger partial charge in [-0.05, 0) is 49.4 Å². The number of carbonyl (C=O) groups is 1. The van der Waals surface area contributed by atoms with Gasteiger partial charge in [0.2, 0.25) is 0 Å². The SMILES string of the molecule is COc1ccc(OC)c([C@@H](C)NC(=O)c2ccc(N3CCOCC3)cc2)c1. The lowest BCUT2D eigenvalue weighted by atomic mass is 10.1. The summed E-state index contributed by atoms with van der Waals surface area (Å²) in [5, 5.41) is 3.03. The molecular weight excluding hydrogens is 344 g/mol. The number of benzene rings is 2. The third kappa shape index (κ3) is 4.52. The predicted molar refractivity (Wildman–Crippen MR) is 105 cm³/mol. The average Bonchev–Trinajstić information content (AvgIpc) is 2.73. The molecule has 1 saturated heterocycles. The fourth-order valence-electron chi connectivity index (χ4n) is 3.18. The van der Waals surface area contributed by atoms with Crippen molar-refractivity contribution in [2.45, 2.75) is 13.0 Å². The minimum atomic E-state index is -0.221. The molecule has 1 amide bonds. The van der Waals surface area contributed by atoms with Gasteiger partial charge in [0, 0.05) is 29.9 Å². The van der Waals surface area contributed by atoms with Crippen LogP contribution < -0.4 is 19.7 Å². The molecule has 3 rings (SSSR count). The highest BCUT2D eigenvalue weighted by atomic mass is 16.5. The topological polar surface area (TPSA) is 60.0 Å². The van der Waals surface area contributed by atoms with Crippen molar-refractivity contribution in [1.82, 2.24) is 5.32 Å². The molecule has 1 N–H and O–H groups in total. The van der Waals surface area contributed by atoms with E-state index in [1.807, 2.05) is 49.4 Å². The minimum absolute atomic E-state index is 0.124. The maximum Gasteiger partial charge on any atom is 0.251 e. The van der Waals surface area contributed by atoms with Gasteiger partial charge in [0.25, 0.3) is 5.91 Å². The fourth-order valence-corrected chi connectivity index (χ4v) is 3.18. The van der Waals surface area contributed by atoms with E-state index in [2.05, 4.69) is 10.2 Å². The molecule has 0 aromatic heterocycles. The van der Waals surface area contributed by atoms with Crippen LogP contribution in [0.1, 0.15) is 28.9 Å². The third-order valence-corrected chi connectivity index (χ3v) is 4.76. The van der Waals surface area contributed by atoms with E-state index in [4.69, 9.17) is 14.2 Å². The summed E-state index contributed by atoms with van der Waals surface area (Å²) in [6.07, 6.45) is 0. The summed E-state index contributed by atoms with van der Waals surface area (Å²) < 4.78 is 16.1. The summed E-state index contributed by atoms with van der Waals surface area (Å²) in [4.78, 5) is 14.9. The lowest BCUT2D eigenvalue weighted by molar-refractivity contribution is 0.0939. The molecule has 0 bridgehead atoms. The number of ether oxygens (including phenoxy) is 3. The van der Waals surface area contributed by atoms with Gasteiger partial charge in [0.15, 0.2) is 0 Å². The van der Waals surface area contributed by atoms with Gasteiger partial charge in [-0.3, -0.25) is 4.79 Å². The van der Waals surface area contributed by atoms with Crippen LogP contribution in [0, 0.1) is 0 Å². The van der Waals surface area contributed by atoms with Gasteiger partial charge in [-0.15, -0.1) is 0 Å². The molecule has 6 nitrogen and oxygen atoms in total. The second kappa shape index (κ2) is 8.77. The van der Waals surface area contributed by atoms with E-state index in [1.165, 1.54) is 0 Å². The zero-order chi connectivity index (χ0) is 19.2. The van der Waals surface area contributed by atoms with Crippen LogP contribution in [-0.2, 0) is 4.74 Å². The third-order valence-electron chi connectivity index (χ3n) is 4.76. The molecular formula is C21H26N2O4. The van der Waals surface area contributed by atoms with Crippen LogP contribution in [0.25, 0.3) is 0 Å². The molecule has 1 aliphatic heterocycles. The van der Waals surface area contributed by atoms with Gasteiger partial charge >= 0.3 is 0 Å². The minimum Gasteiger partial charge on any atom is -0.497 e. The number of nitrogens with one attached hydrogen (secondary N) is 1. The predicted octanol–water partition coefficient (Wildman–Crippen LogP) is 3.03. The van der Waals surface area contributed by atoms with Crippen LogP contribution in [0.2, 0.25) is 0 Å². The highest BCUT2D eigenvalue weighted by molar-refractivity contribution is 5.94. The van der Waals surface area contributed by atoms with Crippen molar-refractivity contribution < 1.29 is 19.0 Å². The largest absolute Gasteiger partial charge is 0.497 e. The smallest absolute Gasteiger partial charge is 0.251 e. The summed E-state index contributed by atoms with van der Waals surface area (Å²) in [6.45, 7) is 5.15. The van der Waals surface area contributed by atoms with Crippen molar-refractivity contribution in [2.75, 3.05) is 45.4 Å². The van der Waals surface area contributed by atoms with E-state index in [0.29, 0.717) is 11.3 Å². The van der Waals surface area contributed by atoms with Crippen molar-refractivity contribution >= 4 is 11.6 Å². The Balaban J connectivity index is 1.69. The van der Waals surface area contributed by atoms with Crippen molar-refractivity contribution in [2.24, 2.45) is 0 Å². The lowest BCUT2D eigenvalue weighted by Gasteiger charge is -2.28. The molecule has 2 aromatic rings. The molecule has 6 heteroatoms. The lowest BCUT2D eigenvalue weighted by Crippen LogP contribution is -2.36. The quantitative estimate of drug-likeness (QED) is 0.847. The first kappa shape index (κ1) is 19.0. The van der Waals surface area contributed by atoms with E-state index >= 15 is 0 Å². The molecule has 1 atom stereocenters.